The highest BCUT2D eigenvalue weighted by Gasteiger charge is 2.01. The molecule has 0 atom stereocenters. The van der Waals surface area contributed by atoms with Crippen LogP contribution in [0.2, 0.25) is 0 Å². The number of fused-ring (bicyclic) bond motifs is 1. The van der Waals surface area contributed by atoms with Gasteiger partial charge in [0.05, 0.1) is 12.7 Å². The van der Waals surface area contributed by atoms with E-state index in [1.807, 2.05) is 30.3 Å². The number of methoxy groups -OCH3 is 1. The summed E-state index contributed by atoms with van der Waals surface area (Å²) in [5.74, 6) is -1.28. The van der Waals surface area contributed by atoms with E-state index in [9.17, 15) is 9.59 Å². The zero-order valence-electron chi connectivity index (χ0n) is 10.5. The number of esters is 1. The summed E-state index contributed by atoms with van der Waals surface area (Å²) in [7, 11) is 1.31. The van der Waals surface area contributed by atoms with Crippen molar-refractivity contribution in [3.8, 4) is 0 Å². The number of benzene rings is 2. The van der Waals surface area contributed by atoms with Crippen LogP contribution in [0, 0.1) is 0 Å². The van der Waals surface area contributed by atoms with E-state index < -0.39 is 11.9 Å². The molecule has 2 aromatic carbocycles. The lowest BCUT2D eigenvalue weighted by Crippen LogP contribution is -1.94. The second-order valence-corrected chi connectivity index (χ2v) is 3.59. The van der Waals surface area contributed by atoms with Crippen LogP contribution in [-0.2, 0) is 9.53 Å². The van der Waals surface area contributed by atoms with Crippen LogP contribution in [0.3, 0.4) is 0 Å². The number of rotatable bonds is 2. The fraction of sp³-hybridized carbons (Fsp3) is 0.0667. The fourth-order valence-corrected chi connectivity index (χ4v) is 1.41. The molecule has 20 heavy (non-hydrogen) atoms. The van der Waals surface area contributed by atoms with Crippen molar-refractivity contribution in [2.24, 2.45) is 0 Å². The Morgan fingerprint density at radius 1 is 1.15 bits per heavy atom. The number of carbonyl (C=O) groups excluding carboxylic acids is 1. The molecule has 0 aliphatic carbocycles. The molecule has 2 aromatic rings. The molecule has 2 rings (SSSR count). The molecule has 0 aromatic heterocycles. The minimum Gasteiger partial charge on any atom is -0.478 e. The molecule has 0 unspecified atom stereocenters. The van der Waals surface area contributed by atoms with Gasteiger partial charge in [-0.2, -0.15) is 0 Å². The summed E-state index contributed by atoms with van der Waals surface area (Å²) in [6.07, 6.45) is 1.11. The van der Waals surface area contributed by atoms with E-state index in [2.05, 4.69) is 11.3 Å². The molecule has 0 spiro atoms. The molecular weight excluding hydrogens is 268 g/mol. The maximum absolute atomic E-state index is 10.6. The van der Waals surface area contributed by atoms with Crippen molar-refractivity contribution >= 4 is 45.8 Å². The molecule has 5 heteroatoms. The van der Waals surface area contributed by atoms with E-state index in [0.717, 1.165) is 16.8 Å². The van der Waals surface area contributed by atoms with Gasteiger partial charge in [-0.15, -0.1) is 0 Å². The third kappa shape index (κ3) is 5.42. The molecule has 0 aliphatic rings. The summed E-state index contributed by atoms with van der Waals surface area (Å²) in [5, 5.41) is 10.8. The molecule has 0 saturated carbocycles. The van der Waals surface area contributed by atoms with Crippen molar-refractivity contribution in [3.63, 3.8) is 0 Å². The van der Waals surface area contributed by atoms with Crippen LogP contribution in [0.5, 0.6) is 0 Å². The summed E-state index contributed by atoms with van der Waals surface area (Å²) >= 11 is 0. The number of ether oxygens (including phenoxy) is 1. The number of carboxylic acids is 1. The first-order chi connectivity index (χ1) is 9.08. The number of hydrogen-bond donors (Lipinski definition) is 1. The predicted molar refractivity (Wildman–Crippen MR) is 81.7 cm³/mol. The van der Waals surface area contributed by atoms with Gasteiger partial charge in [0, 0.05) is 6.08 Å². The molecule has 0 bridgehead atoms. The van der Waals surface area contributed by atoms with E-state index in [4.69, 9.17) is 5.11 Å². The van der Waals surface area contributed by atoms with Gasteiger partial charge in [0.25, 0.3) is 0 Å². The van der Waals surface area contributed by atoms with Crippen molar-refractivity contribution in [2.75, 3.05) is 7.11 Å². The SMILES string of the molecule is C=CC(=O)OC.O=C(O)c1ccc2ccccc2c1.[MgH2]. The minimum absolute atomic E-state index is 0. The molecule has 0 amide bonds. The molecule has 0 saturated heterocycles. The molecule has 0 heterocycles. The van der Waals surface area contributed by atoms with Crippen LogP contribution in [0.1, 0.15) is 10.4 Å². The normalized spacial score (nSPS) is 8.65. The van der Waals surface area contributed by atoms with Gasteiger partial charge in [-0.1, -0.05) is 36.9 Å². The number of carbonyl (C=O) groups is 2. The van der Waals surface area contributed by atoms with E-state index in [-0.39, 0.29) is 23.1 Å². The molecule has 1 N–H and O–H groups in total. The molecule has 4 nitrogen and oxygen atoms in total. The standard InChI is InChI=1S/C11H8O2.C4H6O2.Mg.2H/c12-11(13)10-6-5-8-3-1-2-4-9(8)7-10;1-3-4(5)6-2;;;/h1-7H,(H,12,13);3H,1H2,2H3;;;. The van der Waals surface area contributed by atoms with Crippen LogP contribution < -0.4 is 0 Å². The Morgan fingerprint density at radius 3 is 2.20 bits per heavy atom. The van der Waals surface area contributed by atoms with E-state index in [1.165, 1.54) is 7.11 Å². The van der Waals surface area contributed by atoms with Gasteiger partial charge in [0.2, 0.25) is 0 Å². The summed E-state index contributed by atoms with van der Waals surface area (Å²) in [4.78, 5) is 20.5. The lowest BCUT2D eigenvalue weighted by molar-refractivity contribution is -0.134. The van der Waals surface area contributed by atoms with E-state index in [0.29, 0.717) is 5.56 Å². The first kappa shape index (κ1) is 18.1. The smallest absolute Gasteiger partial charge is 0.335 e. The number of carboxylic acid groups (broad SMARTS) is 1. The maximum atomic E-state index is 10.6. The van der Waals surface area contributed by atoms with Crippen LogP contribution in [0.4, 0.5) is 0 Å². The van der Waals surface area contributed by atoms with Crippen LogP contribution >= 0.6 is 0 Å². The third-order valence-electron chi connectivity index (χ3n) is 2.36. The lowest BCUT2D eigenvalue weighted by Gasteiger charge is -1.98. The minimum atomic E-state index is -0.884. The first-order valence-corrected chi connectivity index (χ1v) is 5.51. The van der Waals surface area contributed by atoms with Gasteiger partial charge >= 0.3 is 35.0 Å². The Kier molecular flexibility index (Phi) is 8.27. The highest BCUT2D eigenvalue weighted by molar-refractivity contribution is 5.94. The van der Waals surface area contributed by atoms with Crippen molar-refractivity contribution in [3.05, 3.63) is 60.7 Å². The van der Waals surface area contributed by atoms with Gasteiger partial charge in [0.15, 0.2) is 0 Å². The first-order valence-electron chi connectivity index (χ1n) is 5.51. The topological polar surface area (TPSA) is 63.6 Å². The van der Waals surface area contributed by atoms with Crippen molar-refractivity contribution in [1.82, 2.24) is 0 Å². The fourth-order valence-electron chi connectivity index (χ4n) is 1.41. The van der Waals surface area contributed by atoms with Gasteiger partial charge in [-0.3, -0.25) is 0 Å². The number of aromatic carboxylic acids is 1. The average Bonchev–Trinajstić information content (AvgIpc) is 2.46. The Hall–Kier alpha value is -1.85. The molecule has 102 valence electrons. The lowest BCUT2D eigenvalue weighted by atomic mass is 10.1. The Labute approximate surface area is 133 Å². The monoisotopic (exact) mass is 284 g/mol. The summed E-state index contributed by atoms with van der Waals surface area (Å²) in [6.45, 7) is 3.16. The molecular formula is C15H16MgO4. The summed E-state index contributed by atoms with van der Waals surface area (Å²) in [5.41, 5.74) is 0.332. The molecule has 0 aliphatic heterocycles. The van der Waals surface area contributed by atoms with Crippen LogP contribution in [0.25, 0.3) is 10.8 Å². The van der Waals surface area contributed by atoms with E-state index >= 15 is 0 Å². The third-order valence-corrected chi connectivity index (χ3v) is 2.36. The van der Waals surface area contributed by atoms with Gasteiger partial charge in [-0.05, 0) is 22.9 Å². The van der Waals surface area contributed by atoms with Crippen LogP contribution in [0.15, 0.2) is 55.1 Å². The Morgan fingerprint density at radius 2 is 1.75 bits per heavy atom. The maximum Gasteiger partial charge on any atom is 0.335 e. The second-order valence-electron chi connectivity index (χ2n) is 3.59. The van der Waals surface area contributed by atoms with Crippen molar-refractivity contribution in [2.45, 2.75) is 0 Å². The Balaban J connectivity index is 0.000000448. The predicted octanol–water partition coefficient (Wildman–Crippen LogP) is 1.97. The van der Waals surface area contributed by atoms with Crippen molar-refractivity contribution in [1.29, 1.82) is 0 Å². The van der Waals surface area contributed by atoms with E-state index in [1.54, 1.807) is 12.1 Å². The highest BCUT2D eigenvalue weighted by Crippen LogP contribution is 2.15. The van der Waals surface area contributed by atoms with Gasteiger partial charge in [0.1, 0.15) is 0 Å². The zero-order valence-corrected chi connectivity index (χ0v) is 10.5. The summed E-state index contributed by atoms with van der Waals surface area (Å²) in [6, 6.07) is 12.8. The highest BCUT2D eigenvalue weighted by atomic mass is 24.3. The molecule has 0 fully saturated rings. The largest absolute Gasteiger partial charge is 0.478 e. The average molecular weight is 285 g/mol. The molecule has 0 radical (unpaired) electrons. The number of hydrogen-bond acceptors (Lipinski definition) is 3. The summed E-state index contributed by atoms with van der Waals surface area (Å²) < 4.78 is 4.14. The van der Waals surface area contributed by atoms with Gasteiger partial charge < -0.3 is 9.84 Å². The second kappa shape index (κ2) is 9.11. The van der Waals surface area contributed by atoms with Gasteiger partial charge in [-0.25, -0.2) is 9.59 Å². The quantitative estimate of drug-likeness (QED) is 0.520. The Bertz CT molecular complexity index is 608. The van der Waals surface area contributed by atoms with Crippen LogP contribution in [-0.4, -0.2) is 47.2 Å². The van der Waals surface area contributed by atoms with Crippen molar-refractivity contribution < 1.29 is 19.4 Å². The zero-order chi connectivity index (χ0) is 14.3.